The highest BCUT2D eigenvalue weighted by molar-refractivity contribution is 9.10. The number of imidazole rings is 1. The number of fused-ring (bicyclic) bond motifs is 3. The Hall–Kier alpha value is -2.40. The lowest BCUT2D eigenvalue weighted by atomic mass is 10.2. The van der Waals surface area contributed by atoms with Gasteiger partial charge in [0.1, 0.15) is 0 Å². The molecular formula is C16H11BrN4. The summed E-state index contributed by atoms with van der Waals surface area (Å²) in [4.78, 5) is 9.04. The Kier molecular flexibility index (Phi) is 2.68. The molecule has 0 unspecified atom stereocenters. The summed E-state index contributed by atoms with van der Waals surface area (Å²) in [6, 6.07) is 15.9. The third-order valence-electron chi connectivity index (χ3n) is 3.44. The monoisotopic (exact) mass is 338 g/mol. The van der Waals surface area contributed by atoms with Crippen LogP contribution in [0.4, 0.5) is 5.82 Å². The number of nitrogen functional groups attached to an aromatic ring is 1. The van der Waals surface area contributed by atoms with Crippen LogP contribution < -0.4 is 5.73 Å². The molecular weight excluding hydrogens is 328 g/mol. The van der Waals surface area contributed by atoms with Crippen LogP contribution >= 0.6 is 15.9 Å². The van der Waals surface area contributed by atoms with Gasteiger partial charge in [0.05, 0.1) is 16.7 Å². The Bertz CT molecular complexity index is 975. The van der Waals surface area contributed by atoms with Gasteiger partial charge in [0.2, 0.25) is 0 Å². The van der Waals surface area contributed by atoms with E-state index in [1.54, 1.807) is 0 Å². The van der Waals surface area contributed by atoms with E-state index in [-0.39, 0.29) is 0 Å². The van der Waals surface area contributed by atoms with Gasteiger partial charge in [0.15, 0.2) is 11.5 Å². The number of anilines is 1. The molecule has 2 heterocycles. The third kappa shape index (κ3) is 1.97. The Morgan fingerprint density at radius 1 is 1.00 bits per heavy atom. The highest BCUT2D eigenvalue weighted by atomic mass is 79.9. The molecule has 2 N–H and O–H groups in total. The first kappa shape index (κ1) is 12.3. The number of nitrogens with zero attached hydrogens (tertiary/aromatic N) is 3. The summed E-state index contributed by atoms with van der Waals surface area (Å²) < 4.78 is 3.02. The molecule has 0 aliphatic carbocycles. The van der Waals surface area contributed by atoms with Gasteiger partial charge >= 0.3 is 0 Å². The van der Waals surface area contributed by atoms with Gasteiger partial charge in [0.25, 0.3) is 0 Å². The van der Waals surface area contributed by atoms with Crippen LogP contribution in [-0.4, -0.2) is 14.4 Å². The molecule has 0 saturated carbocycles. The van der Waals surface area contributed by atoms with Crippen LogP contribution in [0, 0.1) is 0 Å². The summed E-state index contributed by atoms with van der Waals surface area (Å²) in [5.41, 5.74) is 10.5. The standard InChI is InChI=1S/C16H11BrN4/c17-11-5-3-4-10(8-11)13-9-21-14-7-2-1-6-12(14)19-15(18)16(21)20-13/h1-9H,(H2,18,19). The number of nitrogens with two attached hydrogens (primary N) is 1. The minimum atomic E-state index is 0.440. The lowest BCUT2D eigenvalue weighted by molar-refractivity contribution is 1.21. The predicted molar refractivity (Wildman–Crippen MR) is 88.0 cm³/mol. The van der Waals surface area contributed by atoms with E-state index in [4.69, 9.17) is 5.73 Å². The van der Waals surface area contributed by atoms with Gasteiger partial charge in [-0.15, -0.1) is 0 Å². The van der Waals surface area contributed by atoms with Crippen molar-refractivity contribution in [2.75, 3.05) is 5.73 Å². The van der Waals surface area contributed by atoms with E-state index in [2.05, 4.69) is 25.9 Å². The number of para-hydroxylation sites is 2. The summed E-state index contributed by atoms with van der Waals surface area (Å²) in [5.74, 6) is 0.440. The molecule has 102 valence electrons. The van der Waals surface area contributed by atoms with Crippen molar-refractivity contribution in [1.82, 2.24) is 14.4 Å². The van der Waals surface area contributed by atoms with Crippen molar-refractivity contribution in [3.05, 3.63) is 59.2 Å². The summed E-state index contributed by atoms with van der Waals surface area (Å²) in [6.45, 7) is 0. The molecule has 4 aromatic rings. The Morgan fingerprint density at radius 3 is 2.71 bits per heavy atom. The highest BCUT2D eigenvalue weighted by Gasteiger charge is 2.11. The number of benzene rings is 2. The second kappa shape index (κ2) is 4.56. The van der Waals surface area contributed by atoms with E-state index in [1.807, 2.05) is 59.1 Å². The fraction of sp³-hybridized carbons (Fsp3) is 0. The van der Waals surface area contributed by atoms with Gasteiger partial charge in [-0.1, -0.05) is 40.2 Å². The van der Waals surface area contributed by atoms with Gasteiger partial charge in [0, 0.05) is 16.2 Å². The van der Waals surface area contributed by atoms with Crippen LogP contribution in [0.25, 0.3) is 27.9 Å². The molecule has 0 saturated heterocycles. The fourth-order valence-corrected chi connectivity index (χ4v) is 2.87. The molecule has 2 aromatic heterocycles. The SMILES string of the molecule is Nc1nc2ccccc2n2cc(-c3cccc(Br)c3)nc12. The summed E-state index contributed by atoms with van der Waals surface area (Å²) >= 11 is 3.49. The van der Waals surface area contributed by atoms with Crippen LogP contribution in [0.5, 0.6) is 0 Å². The van der Waals surface area contributed by atoms with Gasteiger partial charge in [-0.2, -0.15) is 0 Å². The smallest absolute Gasteiger partial charge is 0.180 e. The van der Waals surface area contributed by atoms with Crippen molar-refractivity contribution in [3.63, 3.8) is 0 Å². The predicted octanol–water partition coefficient (Wildman–Crippen LogP) is 3.89. The normalized spacial score (nSPS) is 11.3. The van der Waals surface area contributed by atoms with Crippen molar-refractivity contribution in [2.24, 2.45) is 0 Å². The topological polar surface area (TPSA) is 56.2 Å². The van der Waals surface area contributed by atoms with E-state index in [1.165, 1.54) is 0 Å². The van der Waals surface area contributed by atoms with Gasteiger partial charge < -0.3 is 5.73 Å². The molecule has 0 bridgehead atoms. The Balaban J connectivity index is 2.06. The lowest BCUT2D eigenvalue weighted by Crippen LogP contribution is -1.97. The van der Waals surface area contributed by atoms with E-state index in [9.17, 15) is 0 Å². The van der Waals surface area contributed by atoms with E-state index in [0.717, 1.165) is 26.8 Å². The Morgan fingerprint density at radius 2 is 1.86 bits per heavy atom. The number of halogens is 1. The second-order valence-corrected chi connectivity index (χ2v) is 5.73. The lowest BCUT2D eigenvalue weighted by Gasteiger charge is -2.02. The van der Waals surface area contributed by atoms with Crippen molar-refractivity contribution >= 4 is 38.4 Å². The molecule has 0 aliphatic rings. The minimum Gasteiger partial charge on any atom is -0.381 e. The zero-order valence-corrected chi connectivity index (χ0v) is 12.6. The van der Waals surface area contributed by atoms with E-state index < -0.39 is 0 Å². The maximum atomic E-state index is 6.04. The quantitative estimate of drug-likeness (QED) is 0.572. The van der Waals surface area contributed by atoms with Gasteiger partial charge in [-0.05, 0) is 24.3 Å². The average molecular weight is 339 g/mol. The molecule has 0 aliphatic heterocycles. The molecule has 0 spiro atoms. The Labute approximate surface area is 129 Å². The third-order valence-corrected chi connectivity index (χ3v) is 3.93. The first-order valence-electron chi connectivity index (χ1n) is 6.51. The zero-order chi connectivity index (χ0) is 14.4. The van der Waals surface area contributed by atoms with Crippen molar-refractivity contribution in [3.8, 4) is 11.3 Å². The number of rotatable bonds is 1. The molecule has 4 nitrogen and oxygen atoms in total. The summed E-state index contributed by atoms with van der Waals surface area (Å²) in [7, 11) is 0. The molecule has 0 amide bonds. The van der Waals surface area contributed by atoms with Gasteiger partial charge in [-0.3, -0.25) is 4.40 Å². The first-order valence-corrected chi connectivity index (χ1v) is 7.31. The van der Waals surface area contributed by atoms with Crippen LogP contribution in [0.15, 0.2) is 59.2 Å². The average Bonchev–Trinajstić information content (AvgIpc) is 2.93. The number of aromatic nitrogens is 3. The fourth-order valence-electron chi connectivity index (χ4n) is 2.47. The molecule has 0 radical (unpaired) electrons. The number of hydrogen-bond donors (Lipinski definition) is 1. The van der Waals surface area contributed by atoms with E-state index in [0.29, 0.717) is 11.5 Å². The molecule has 0 fully saturated rings. The molecule has 2 aromatic carbocycles. The van der Waals surface area contributed by atoms with Crippen molar-refractivity contribution in [1.29, 1.82) is 0 Å². The van der Waals surface area contributed by atoms with E-state index >= 15 is 0 Å². The van der Waals surface area contributed by atoms with Crippen molar-refractivity contribution in [2.45, 2.75) is 0 Å². The van der Waals surface area contributed by atoms with Crippen molar-refractivity contribution < 1.29 is 0 Å². The second-order valence-electron chi connectivity index (χ2n) is 4.82. The maximum Gasteiger partial charge on any atom is 0.180 e. The summed E-state index contributed by atoms with van der Waals surface area (Å²) in [6.07, 6.45) is 2.00. The molecule has 21 heavy (non-hydrogen) atoms. The van der Waals surface area contributed by atoms with Crippen LogP contribution in [0.2, 0.25) is 0 Å². The zero-order valence-electron chi connectivity index (χ0n) is 11.0. The molecule has 4 rings (SSSR count). The first-order chi connectivity index (χ1) is 10.2. The highest BCUT2D eigenvalue weighted by Crippen LogP contribution is 2.26. The van der Waals surface area contributed by atoms with Gasteiger partial charge in [-0.25, -0.2) is 9.97 Å². The van der Waals surface area contributed by atoms with Crippen LogP contribution in [0.3, 0.4) is 0 Å². The summed E-state index contributed by atoms with van der Waals surface area (Å²) in [5, 5.41) is 0. The maximum absolute atomic E-state index is 6.04. The molecule has 0 atom stereocenters. The minimum absolute atomic E-state index is 0.440. The van der Waals surface area contributed by atoms with Crippen LogP contribution in [-0.2, 0) is 0 Å². The largest absolute Gasteiger partial charge is 0.381 e. The molecule has 5 heteroatoms. The number of hydrogen-bond acceptors (Lipinski definition) is 3. The van der Waals surface area contributed by atoms with Crippen LogP contribution in [0.1, 0.15) is 0 Å².